The number of thiocarbonyl (C=S) groups is 1. The third kappa shape index (κ3) is 6.22. The molecule has 1 heterocycles. The summed E-state index contributed by atoms with van der Waals surface area (Å²) in [5, 5.41) is 9.42. The minimum Gasteiger partial charge on any atom is -0.496 e. The second-order valence-corrected chi connectivity index (χ2v) is 8.76. The Morgan fingerprint density at radius 2 is 2.00 bits per heavy atom. The largest absolute Gasteiger partial charge is 0.496 e. The van der Waals surface area contributed by atoms with Gasteiger partial charge in [0.15, 0.2) is 0 Å². The van der Waals surface area contributed by atoms with Crippen LogP contribution in [0, 0.1) is 0 Å². The summed E-state index contributed by atoms with van der Waals surface area (Å²) < 4.78 is 11.7. The third-order valence-corrected chi connectivity index (χ3v) is 6.09. The van der Waals surface area contributed by atoms with Crippen LogP contribution in [-0.4, -0.2) is 39.9 Å². The van der Waals surface area contributed by atoms with E-state index in [1.807, 2.05) is 18.2 Å². The van der Waals surface area contributed by atoms with Crippen LogP contribution in [0.5, 0.6) is 11.5 Å². The van der Waals surface area contributed by atoms with Gasteiger partial charge in [-0.05, 0) is 54.5 Å². The van der Waals surface area contributed by atoms with Crippen molar-refractivity contribution in [3.05, 3.63) is 63.5 Å². The molecule has 2 aromatic rings. The second kappa shape index (κ2) is 10.7. The Bertz CT molecular complexity index is 1020. The summed E-state index contributed by atoms with van der Waals surface area (Å²) in [6, 6.07) is 12.6. The maximum Gasteiger partial charge on any atom is 0.303 e. The third-order valence-electron chi connectivity index (χ3n) is 4.46. The molecule has 2 aromatic carbocycles. The lowest BCUT2D eigenvalue weighted by atomic mass is 10.1. The molecule has 0 aromatic heterocycles. The van der Waals surface area contributed by atoms with E-state index < -0.39 is 5.97 Å². The van der Waals surface area contributed by atoms with E-state index in [9.17, 15) is 9.59 Å². The predicted molar refractivity (Wildman–Crippen MR) is 126 cm³/mol. The zero-order valence-corrected chi connectivity index (χ0v) is 19.1. The van der Waals surface area contributed by atoms with E-state index in [0.717, 1.165) is 11.1 Å². The highest BCUT2D eigenvalue weighted by atomic mass is 35.5. The Hall–Kier alpha value is -2.55. The van der Waals surface area contributed by atoms with Gasteiger partial charge in [-0.3, -0.25) is 14.5 Å². The lowest BCUT2D eigenvalue weighted by molar-refractivity contribution is -0.137. The number of halogens is 1. The first kappa shape index (κ1) is 23.1. The quantitative estimate of drug-likeness (QED) is 0.402. The first-order valence-corrected chi connectivity index (χ1v) is 11.0. The van der Waals surface area contributed by atoms with E-state index in [1.54, 1.807) is 37.5 Å². The van der Waals surface area contributed by atoms with E-state index >= 15 is 0 Å². The van der Waals surface area contributed by atoms with Crippen LogP contribution < -0.4 is 9.47 Å². The van der Waals surface area contributed by atoms with Crippen molar-refractivity contribution in [3.63, 3.8) is 0 Å². The summed E-state index contributed by atoms with van der Waals surface area (Å²) in [5.74, 6) is 0.245. The van der Waals surface area contributed by atoms with E-state index in [-0.39, 0.29) is 25.5 Å². The van der Waals surface area contributed by atoms with Crippen LogP contribution in [0.25, 0.3) is 6.08 Å². The number of carboxylic acids is 1. The Labute approximate surface area is 194 Å². The minimum absolute atomic E-state index is 0.00837. The van der Waals surface area contributed by atoms with Crippen LogP contribution in [0.3, 0.4) is 0 Å². The molecule has 0 radical (unpaired) electrons. The Morgan fingerprint density at radius 1 is 1.26 bits per heavy atom. The summed E-state index contributed by atoms with van der Waals surface area (Å²) >= 11 is 12.4. The molecule has 1 saturated heterocycles. The number of benzene rings is 2. The van der Waals surface area contributed by atoms with Crippen LogP contribution in [0.15, 0.2) is 47.4 Å². The topological polar surface area (TPSA) is 76.1 Å². The molecule has 6 nitrogen and oxygen atoms in total. The Morgan fingerprint density at radius 3 is 2.68 bits per heavy atom. The molecule has 0 bridgehead atoms. The molecule has 0 spiro atoms. The summed E-state index contributed by atoms with van der Waals surface area (Å²) in [7, 11) is 1.59. The Kier molecular flexibility index (Phi) is 7.95. The van der Waals surface area contributed by atoms with Gasteiger partial charge in [-0.1, -0.05) is 41.6 Å². The van der Waals surface area contributed by atoms with Crippen molar-refractivity contribution >= 4 is 57.9 Å². The monoisotopic (exact) mass is 477 g/mol. The van der Waals surface area contributed by atoms with Crippen molar-refractivity contribution in [2.75, 3.05) is 13.7 Å². The van der Waals surface area contributed by atoms with Crippen LogP contribution in [0.4, 0.5) is 0 Å². The van der Waals surface area contributed by atoms with Crippen LogP contribution in [0.1, 0.15) is 24.0 Å². The van der Waals surface area contributed by atoms with Gasteiger partial charge in [0.1, 0.15) is 22.4 Å². The molecule has 1 N–H and O–H groups in total. The number of aliphatic carboxylic acids is 1. The molecular formula is C22H20ClNO5S2. The minimum atomic E-state index is -0.896. The van der Waals surface area contributed by atoms with E-state index in [4.69, 9.17) is 38.4 Å². The van der Waals surface area contributed by atoms with Gasteiger partial charge in [-0.15, -0.1) is 0 Å². The first-order chi connectivity index (χ1) is 14.9. The number of thioether (sulfide) groups is 1. The van der Waals surface area contributed by atoms with Gasteiger partial charge >= 0.3 is 5.97 Å². The molecule has 1 aliphatic heterocycles. The number of nitrogens with zero attached hydrogens (tertiary/aromatic N) is 1. The van der Waals surface area contributed by atoms with Gasteiger partial charge < -0.3 is 14.6 Å². The highest BCUT2D eigenvalue weighted by molar-refractivity contribution is 8.26. The highest BCUT2D eigenvalue weighted by Gasteiger charge is 2.31. The summed E-state index contributed by atoms with van der Waals surface area (Å²) in [5.41, 5.74) is 1.63. The number of ether oxygens (including phenoxy) is 2. The molecule has 0 aliphatic carbocycles. The van der Waals surface area contributed by atoms with Crippen LogP contribution in [-0.2, 0) is 16.2 Å². The predicted octanol–water partition coefficient (Wildman–Crippen LogP) is 4.99. The molecule has 162 valence electrons. The number of amides is 1. The zero-order valence-electron chi connectivity index (χ0n) is 16.7. The number of hydrogen-bond acceptors (Lipinski definition) is 6. The van der Waals surface area contributed by atoms with Crippen LogP contribution >= 0.6 is 35.6 Å². The van der Waals surface area contributed by atoms with Crippen molar-refractivity contribution in [2.24, 2.45) is 0 Å². The van der Waals surface area contributed by atoms with Gasteiger partial charge in [0.05, 0.1) is 12.0 Å². The van der Waals surface area contributed by atoms with Gasteiger partial charge in [0.25, 0.3) is 5.91 Å². The molecule has 0 atom stereocenters. The van der Waals surface area contributed by atoms with Gasteiger partial charge in [0.2, 0.25) is 0 Å². The van der Waals surface area contributed by atoms with E-state index in [2.05, 4.69) is 0 Å². The van der Waals surface area contributed by atoms with E-state index in [1.165, 1.54) is 16.7 Å². The van der Waals surface area contributed by atoms with Crippen molar-refractivity contribution in [1.29, 1.82) is 0 Å². The fourth-order valence-electron chi connectivity index (χ4n) is 2.93. The fourth-order valence-corrected chi connectivity index (χ4v) is 4.36. The standard InChI is InChI=1S/C22H20ClNO5S2/c1-28-18-9-4-14(11-15(18)13-29-17-7-5-16(23)6-8-17)12-19-21(27)24(22(30)31-19)10-2-3-20(25)26/h4-9,11-12H,2-3,10,13H2,1H3,(H,25,26). The average molecular weight is 478 g/mol. The number of carboxylic acid groups (broad SMARTS) is 1. The number of carbonyl (C=O) groups is 2. The summed E-state index contributed by atoms with van der Waals surface area (Å²) in [4.78, 5) is 25.3. The highest BCUT2D eigenvalue weighted by Crippen LogP contribution is 2.33. The Balaban J connectivity index is 1.73. The van der Waals surface area contributed by atoms with Crippen molar-refractivity contribution in [2.45, 2.75) is 19.4 Å². The molecule has 1 aliphatic rings. The number of methoxy groups -OCH3 is 1. The molecule has 1 fully saturated rings. The lowest BCUT2D eigenvalue weighted by Gasteiger charge is -2.13. The number of hydrogen-bond donors (Lipinski definition) is 1. The molecular weight excluding hydrogens is 458 g/mol. The molecule has 1 amide bonds. The molecule has 31 heavy (non-hydrogen) atoms. The van der Waals surface area contributed by atoms with Crippen LogP contribution in [0.2, 0.25) is 5.02 Å². The number of carbonyl (C=O) groups excluding carboxylic acids is 1. The van der Waals surface area contributed by atoms with Crippen molar-refractivity contribution in [1.82, 2.24) is 4.90 Å². The van der Waals surface area contributed by atoms with Crippen molar-refractivity contribution in [3.8, 4) is 11.5 Å². The van der Waals surface area contributed by atoms with Gasteiger partial charge in [-0.25, -0.2) is 0 Å². The normalized spacial score (nSPS) is 14.9. The molecule has 0 saturated carbocycles. The molecule has 9 heteroatoms. The van der Waals surface area contributed by atoms with Gasteiger partial charge in [-0.2, -0.15) is 0 Å². The maximum absolute atomic E-state index is 12.7. The fraction of sp³-hybridized carbons (Fsp3) is 0.227. The van der Waals surface area contributed by atoms with Gasteiger partial charge in [0, 0.05) is 23.6 Å². The number of rotatable bonds is 9. The molecule has 3 rings (SSSR count). The second-order valence-electron chi connectivity index (χ2n) is 6.64. The van der Waals surface area contributed by atoms with E-state index in [0.29, 0.717) is 32.2 Å². The zero-order chi connectivity index (χ0) is 22.4. The summed E-state index contributed by atoms with van der Waals surface area (Å²) in [6.45, 7) is 0.569. The SMILES string of the molecule is COc1ccc(C=C2SC(=S)N(CCCC(=O)O)C2=O)cc1COc1ccc(Cl)cc1. The average Bonchev–Trinajstić information content (AvgIpc) is 3.00. The smallest absolute Gasteiger partial charge is 0.303 e. The molecule has 0 unspecified atom stereocenters. The first-order valence-electron chi connectivity index (χ1n) is 9.40. The van der Waals surface area contributed by atoms with Crippen molar-refractivity contribution < 1.29 is 24.2 Å². The summed E-state index contributed by atoms with van der Waals surface area (Å²) in [6.07, 6.45) is 2.11. The maximum atomic E-state index is 12.7. The lowest BCUT2D eigenvalue weighted by Crippen LogP contribution is -2.29.